The Hall–Kier alpha value is -0.650. The molecule has 0 spiro atoms. The van der Waals surface area contributed by atoms with Gasteiger partial charge in [-0.15, -0.1) is 0 Å². The highest BCUT2D eigenvalue weighted by Crippen LogP contribution is 2.05. The molecule has 0 bridgehead atoms. The lowest BCUT2D eigenvalue weighted by molar-refractivity contribution is -0.123. The van der Waals surface area contributed by atoms with Crippen molar-refractivity contribution in [1.29, 1.82) is 0 Å². The van der Waals surface area contributed by atoms with Gasteiger partial charge in [0.05, 0.1) is 19.8 Å². The molecule has 2 N–H and O–H groups in total. The lowest BCUT2D eigenvalue weighted by Crippen LogP contribution is -2.52. The van der Waals surface area contributed by atoms with Crippen LogP contribution in [0.15, 0.2) is 0 Å². The van der Waals surface area contributed by atoms with Crippen molar-refractivity contribution in [2.24, 2.45) is 0 Å². The van der Waals surface area contributed by atoms with Crippen molar-refractivity contribution in [3.8, 4) is 0 Å². The van der Waals surface area contributed by atoms with Gasteiger partial charge < -0.3 is 10.1 Å². The summed E-state index contributed by atoms with van der Waals surface area (Å²) in [7, 11) is 0. The number of rotatable bonds is 5. The molecule has 5 nitrogen and oxygen atoms in total. The maximum atomic E-state index is 11.6. The van der Waals surface area contributed by atoms with E-state index in [0.717, 1.165) is 32.7 Å². The summed E-state index contributed by atoms with van der Waals surface area (Å²) in [5, 5.41) is 5.02. The van der Waals surface area contributed by atoms with Gasteiger partial charge in [0.25, 0.3) is 0 Å². The Balaban J connectivity index is 2.19. The Morgan fingerprint density at radius 2 is 2.00 bits per heavy atom. The van der Waals surface area contributed by atoms with E-state index < -0.39 is 0 Å². The van der Waals surface area contributed by atoms with E-state index in [2.05, 4.69) is 17.7 Å². The first-order valence-electron chi connectivity index (χ1n) is 5.91. The average Bonchev–Trinajstić information content (AvgIpc) is 2.27. The summed E-state index contributed by atoms with van der Waals surface area (Å²) >= 11 is 0. The summed E-state index contributed by atoms with van der Waals surface area (Å²) in [4.78, 5) is 11.6. The number of nitrogens with zero attached hydrogens (tertiary/aromatic N) is 1. The van der Waals surface area contributed by atoms with E-state index in [0.29, 0.717) is 6.54 Å². The molecule has 1 aliphatic heterocycles. The highest BCUT2D eigenvalue weighted by atomic mass is 16.5. The van der Waals surface area contributed by atoms with Crippen LogP contribution in [0.5, 0.6) is 0 Å². The summed E-state index contributed by atoms with van der Waals surface area (Å²) in [6.45, 7) is 9.59. The van der Waals surface area contributed by atoms with Gasteiger partial charge in [0, 0.05) is 18.6 Å². The Morgan fingerprint density at radius 1 is 1.38 bits per heavy atom. The Labute approximate surface area is 97.5 Å². The first-order chi connectivity index (χ1) is 7.53. The van der Waals surface area contributed by atoms with E-state index in [1.54, 1.807) is 0 Å². The summed E-state index contributed by atoms with van der Waals surface area (Å²) < 4.78 is 5.22. The van der Waals surface area contributed by atoms with Gasteiger partial charge in [-0.25, -0.2) is 10.4 Å². The molecule has 16 heavy (non-hydrogen) atoms. The van der Waals surface area contributed by atoms with Crippen molar-refractivity contribution in [3.63, 3.8) is 0 Å². The molecule has 1 saturated heterocycles. The molecule has 0 atom stereocenters. The van der Waals surface area contributed by atoms with E-state index in [9.17, 15) is 4.79 Å². The largest absolute Gasteiger partial charge is 0.379 e. The number of hydrazine groups is 1. The van der Waals surface area contributed by atoms with Crippen molar-refractivity contribution >= 4 is 5.91 Å². The maximum Gasteiger partial charge on any atom is 0.235 e. The van der Waals surface area contributed by atoms with Crippen LogP contribution in [0.4, 0.5) is 0 Å². The number of amides is 1. The Morgan fingerprint density at radius 3 is 2.56 bits per heavy atom. The zero-order chi connectivity index (χ0) is 12.0. The van der Waals surface area contributed by atoms with Crippen molar-refractivity contribution in [2.45, 2.75) is 32.7 Å². The van der Waals surface area contributed by atoms with Crippen LogP contribution in [0.25, 0.3) is 0 Å². The predicted octanol–water partition coefficient (Wildman–Crippen LogP) is 0.128. The fourth-order valence-corrected chi connectivity index (χ4v) is 1.42. The predicted molar refractivity (Wildman–Crippen MR) is 62.9 cm³/mol. The summed E-state index contributed by atoms with van der Waals surface area (Å²) in [6.07, 6.45) is 0.927. The van der Waals surface area contributed by atoms with Crippen LogP contribution in [0, 0.1) is 0 Å². The highest BCUT2D eigenvalue weighted by molar-refractivity contribution is 5.78. The molecule has 0 saturated carbocycles. The molecule has 1 heterocycles. The third-order valence-corrected chi connectivity index (χ3v) is 2.84. The van der Waals surface area contributed by atoms with E-state index in [-0.39, 0.29) is 11.4 Å². The van der Waals surface area contributed by atoms with Crippen LogP contribution in [0.1, 0.15) is 27.2 Å². The number of hydrogen-bond donors (Lipinski definition) is 2. The smallest absolute Gasteiger partial charge is 0.235 e. The van der Waals surface area contributed by atoms with Crippen LogP contribution in [-0.2, 0) is 9.53 Å². The summed E-state index contributed by atoms with van der Waals surface area (Å²) in [5.74, 6) is 0.0401. The zero-order valence-electron chi connectivity index (χ0n) is 10.5. The van der Waals surface area contributed by atoms with Gasteiger partial charge in [0.1, 0.15) is 0 Å². The fourth-order valence-electron chi connectivity index (χ4n) is 1.42. The molecule has 0 radical (unpaired) electrons. The topological polar surface area (TPSA) is 53.6 Å². The van der Waals surface area contributed by atoms with Crippen LogP contribution in [0.3, 0.4) is 0 Å². The molecule has 1 rings (SSSR count). The highest BCUT2D eigenvalue weighted by Gasteiger charge is 2.18. The SMILES string of the molecule is CCC(C)(C)NC(=O)CNN1CCOCC1. The van der Waals surface area contributed by atoms with Crippen molar-refractivity contribution in [3.05, 3.63) is 0 Å². The molecule has 0 aromatic heterocycles. The van der Waals surface area contributed by atoms with Crippen LogP contribution < -0.4 is 10.7 Å². The molecule has 1 amide bonds. The van der Waals surface area contributed by atoms with Crippen molar-refractivity contribution < 1.29 is 9.53 Å². The lowest BCUT2D eigenvalue weighted by Gasteiger charge is -2.28. The van der Waals surface area contributed by atoms with E-state index in [1.807, 2.05) is 18.9 Å². The quantitative estimate of drug-likeness (QED) is 0.703. The van der Waals surface area contributed by atoms with Gasteiger partial charge in [-0.05, 0) is 20.3 Å². The van der Waals surface area contributed by atoms with Gasteiger partial charge in [-0.1, -0.05) is 6.92 Å². The molecular formula is C11H23N3O2. The van der Waals surface area contributed by atoms with E-state index in [4.69, 9.17) is 4.74 Å². The van der Waals surface area contributed by atoms with Crippen LogP contribution in [-0.4, -0.2) is 49.3 Å². The van der Waals surface area contributed by atoms with Gasteiger partial charge in [-0.2, -0.15) is 0 Å². The van der Waals surface area contributed by atoms with Gasteiger partial charge in [0.2, 0.25) is 5.91 Å². The molecule has 5 heteroatoms. The summed E-state index contributed by atoms with van der Waals surface area (Å²) in [6, 6.07) is 0. The number of hydrogen-bond acceptors (Lipinski definition) is 4. The number of morpholine rings is 1. The maximum absolute atomic E-state index is 11.6. The Bertz CT molecular complexity index is 225. The standard InChI is InChI=1S/C11H23N3O2/c1-4-11(2,3)13-10(15)9-12-14-5-7-16-8-6-14/h12H,4-9H2,1-3H3,(H,13,15). The third kappa shape index (κ3) is 4.92. The molecule has 94 valence electrons. The molecule has 0 aromatic carbocycles. The van der Waals surface area contributed by atoms with Gasteiger partial charge in [0.15, 0.2) is 0 Å². The zero-order valence-corrected chi connectivity index (χ0v) is 10.5. The lowest BCUT2D eigenvalue weighted by atomic mass is 10.0. The van der Waals surface area contributed by atoms with Crippen molar-refractivity contribution in [1.82, 2.24) is 15.8 Å². The number of carbonyl (C=O) groups excluding carboxylic acids is 1. The average molecular weight is 229 g/mol. The number of nitrogens with one attached hydrogen (secondary N) is 2. The number of carbonyl (C=O) groups is 1. The molecule has 0 aliphatic carbocycles. The fraction of sp³-hybridized carbons (Fsp3) is 0.909. The molecule has 0 aromatic rings. The second-order valence-electron chi connectivity index (χ2n) is 4.72. The van der Waals surface area contributed by atoms with Gasteiger partial charge >= 0.3 is 0 Å². The third-order valence-electron chi connectivity index (χ3n) is 2.84. The van der Waals surface area contributed by atoms with E-state index >= 15 is 0 Å². The van der Waals surface area contributed by atoms with Crippen LogP contribution in [0.2, 0.25) is 0 Å². The molecule has 1 fully saturated rings. The Kier molecular flexibility index (Phi) is 5.18. The molecule has 1 aliphatic rings. The summed E-state index contributed by atoms with van der Waals surface area (Å²) in [5.41, 5.74) is 2.99. The monoisotopic (exact) mass is 229 g/mol. The van der Waals surface area contributed by atoms with E-state index in [1.165, 1.54) is 0 Å². The van der Waals surface area contributed by atoms with Crippen molar-refractivity contribution in [2.75, 3.05) is 32.8 Å². The second-order valence-corrected chi connectivity index (χ2v) is 4.72. The molecule has 0 unspecified atom stereocenters. The normalized spacial score (nSPS) is 18.4. The number of ether oxygens (including phenoxy) is 1. The second kappa shape index (κ2) is 6.18. The molecular weight excluding hydrogens is 206 g/mol. The van der Waals surface area contributed by atoms with Crippen LogP contribution >= 0.6 is 0 Å². The minimum atomic E-state index is -0.121. The minimum absolute atomic E-state index is 0.0401. The first kappa shape index (κ1) is 13.4. The minimum Gasteiger partial charge on any atom is -0.379 e. The first-order valence-corrected chi connectivity index (χ1v) is 5.91. The van der Waals surface area contributed by atoms with Gasteiger partial charge in [-0.3, -0.25) is 4.79 Å².